The summed E-state index contributed by atoms with van der Waals surface area (Å²) >= 11 is 0. The number of hydrogen-bond acceptors (Lipinski definition) is 3. The number of para-hydroxylation sites is 2. The molecular weight excluding hydrogens is 176 g/mol. The zero-order valence-electron chi connectivity index (χ0n) is 8.05. The van der Waals surface area contributed by atoms with Crippen LogP contribution in [0, 0.1) is 0 Å². The standard InChI is InChI=1S/C11H14N2O/c1-2-4-10-9(3-1)13-8-11(14-10)5-6-12-7-11/h1-4,12-13H,5-8H2. The van der Waals surface area contributed by atoms with E-state index in [1.54, 1.807) is 0 Å². The van der Waals surface area contributed by atoms with Crippen LogP contribution in [0.25, 0.3) is 0 Å². The second-order valence-corrected chi connectivity index (χ2v) is 4.06. The third-order valence-corrected chi connectivity index (χ3v) is 3.02. The average Bonchev–Trinajstić information content (AvgIpc) is 2.66. The van der Waals surface area contributed by atoms with Crippen molar-refractivity contribution in [1.82, 2.24) is 5.32 Å². The van der Waals surface area contributed by atoms with E-state index < -0.39 is 0 Å². The summed E-state index contributed by atoms with van der Waals surface area (Å²) < 4.78 is 6.06. The quantitative estimate of drug-likeness (QED) is 0.645. The van der Waals surface area contributed by atoms with Gasteiger partial charge in [0.15, 0.2) is 0 Å². The van der Waals surface area contributed by atoms with E-state index in [0.29, 0.717) is 0 Å². The fourth-order valence-electron chi connectivity index (χ4n) is 2.19. The molecule has 0 aromatic heterocycles. The summed E-state index contributed by atoms with van der Waals surface area (Å²) in [4.78, 5) is 0. The molecule has 74 valence electrons. The summed E-state index contributed by atoms with van der Waals surface area (Å²) in [6.45, 7) is 2.93. The Hall–Kier alpha value is -1.22. The second-order valence-electron chi connectivity index (χ2n) is 4.06. The third kappa shape index (κ3) is 1.16. The Morgan fingerprint density at radius 2 is 2.14 bits per heavy atom. The normalized spacial score (nSPS) is 29.4. The summed E-state index contributed by atoms with van der Waals surface area (Å²) in [5.41, 5.74) is 1.11. The van der Waals surface area contributed by atoms with Gasteiger partial charge >= 0.3 is 0 Å². The number of ether oxygens (including phenoxy) is 1. The van der Waals surface area contributed by atoms with E-state index in [0.717, 1.165) is 37.5 Å². The first-order valence-corrected chi connectivity index (χ1v) is 5.11. The van der Waals surface area contributed by atoms with E-state index in [1.807, 2.05) is 18.2 Å². The minimum absolute atomic E-state index is 0.00560. The smallest absolute Gasteiger partial charge is 0.143 e. The van der Waals surface area contributed by atoms with Crippen molar-refractivity contribution in [1.29, 1.82) is 0 Å². The SMILES string of the molecule is c1ccc2c(c1)NCC1(CCNC1)O2. The first-order valence-electron chi connectivity index (χ1n) is 5.11. The minimum Gasteiger partial charge on any atom is -0.482 e. The van der Waals surface area contributed by atoms with Crippen molar-refractivity contribution in [2.24, 2.45) is 0 Å². The lowest BCUT2D eigenvalue weighted by Crippen LogP contribution is -2.47. The molecule has 14 heavy (non-hydrogen) atoms. The van der Waals surface area contributed by atoms with Gasteiger partial charge in [0.25, 0.3) is 0 Å². The lowest BCUT2D eigenvalue weighted by Gasteiger charge is -2.35. The van der Waals surface area contributed by atoms with Gasteiger partial charge in [0, 0.05) is 13.0 Å². The lowest BCUT2D eigenvalue weighted by molar-refractivity contribution is 0.0967. The molecule has 1 aromatic carbocycles. The highest BCUT2D eigenvalue weighted by Gasteiger charge is 2.38. The Labute approximate surface area is 83.5 Å². The van der Waals surface area contributed by atoms with Gasteiger partial charge in [0.05, 0.1) is 12.2 Å². The summed E-state index contributed by atoms with van der Waals surface area (Å²) in [5, 5.41) is 6.78. The van der Waals surface area contributed by atoms with Crippen molar-refractivity contribution < 1.29 is 4.74 Å². The molecule has 1 spiro atoms. The molecule has 2 aliphatic heterocycles. The van der Waals surface area contributed by atoms with Gasteiger partial charge in [0.1, 0.15) is 11.4 Å². The molecule has 0 amide bonds. The molecule has 1 unspecified atom stereocenters. The van der Waals surface area contributed by atoms with Crippen molar-refractivity contribution >= 4 is 5.69 Å². The maximum absolute atomic E-state index is 6.06. The molecule has 0 radical (unpaired) electrons. The number of fused-ring (bicyclic) bond motifs is 1. The van der Waals surface area contributed by atoms with Crippen LogP contribution in [-0.4, -0.2) is 25.2 Å². The first-order chi connectivity index (χ1) is 6.88. The molecule has 0 saturated carbocycles. The van der Waals surface area contributed by atoms with Crippen LogP contribution in [0.15, 0.2) is 24.3 Å². The van der Waals surface area contributed by atoms with Gasteiger partial charge in [0.2, 0.25) is 0 Å². The Bertz CT molecular complexity index is 345. The van der Waals surface area contributed by atoms with Crippen LogP contribution in [0.2, 0.25) is 0 Å². The van der Waals surface area contributed by atoms with Crippen LogP contribution in [0.4, 0.5) is 5.69 Å². The fourth-order valence-corrected chi connectivity index (χ4v) is 2.19. The van der Waals surface area contributed by atoms with Gasteiger partial charge in [-0.05, 0) is 18.7 Å². The Balaban J connectivity index is 1.92. The van der Waals surface area contributed by atoms with E-state index in [4.69, 9.17) is 4.74 Å². The molecule has 3 nitrogen and oxygen atoms in total. The van der Waals surface area contributed by atoms with Gasteiger partial charge in [-0.1, -0.05) is 12.1 Å². The highest BCUT2D eigenvalue weighted by molar-refractivity contribution is 5.58. The van der Waals surface area contributed by atoms with Crippen LogP contribution in [0.5, 0.6) is 5.75 Å². The molecule has 0 aliphatic carbocycles. The van der Waals surface area contributed by atoms with Gasteiger partial charge in [-0.15, -0.1) is 0 Å². The Morgan fingerprint density at radius 3 is 3.00 bits per heavy atom. The predicted octanol–water partition coefficient (Wildman–Crippen LogP) is 1.22. The summed E-state index contributed by atoms with van der Waals surface area (Å²) in [5.74, 6) is 0.988. The average molecular weight is 190 g/mol. The van der Waals surface area contributed by atoms with Crippen molar-refractivity contribution in [3.63, 3.8) is 0 Å². The van der Waals surface area contributed by atoms with Crippen LogP contribution < -0.4 is 15.4 Å². The summed E-state index contributed by atoms with van der Waals surface area (Å²) in [6.07, 6.45) is 1.09. The van der Waals surface area contributed by atoms with Gasteiger partial charge < -0.3 is 15.4 Å². The van der Waals surface area contributed by atoms with Crippen LogP contribution in [0.1, 0.15) is 6.42 Å². The maximum atomic E-state index is 6.06. The second kappa shape index (κ2) is 2.89. The van der Waals surface area contributed by atoms with Crippen molar-refractivity contribution in [3.05, 3.63) is 24.3 Å². The molecule has 2 aliphatic rings. The lowest BCUT2D eigenvalue weighted by atomic mass is 10.0. The summed E-state index contributed by atoms with van der Waals surface area (Å²) in [6, 6.07) is 8.13. The zero-order valence-corrected chi connectivity index (χ0v) is 8.05. The summed E-state index contributed by atoms with van der Waals surface area (Å²) in [7, 11) is 0. The highest BCUT2D eigenvalue weighted by Crippen LogP contribution is 2.34. The maximum Gasteiger partial charge on any atom is 0.143 e. The molecule has 3 heteroatoms. The minimum atomic E-state index is -0.00560. The number of rotatable bonds is 0. The molecule has 3 rings (SSSR count). The van der Waals surface area contributed by atoms with Crippen molar-refractivity contribution in [2.75, 3.05) is 25.0 Å². The molecule has 1 saturated heterocycles. The number of benzene rings is 1. The molecule has 2 N–H and O–H groups in total. The third-order valence-electron chi connectivity index (χ3n) is 3.02. The topological polar surface area (TPSA) is 33.3 Å². The van der Waals surface area contributed by atoms with E-state index >= 15 is 0 Å². The molecule has 2 heterocycles. The molecule has 0 bridgehead atoms. The van der Waals surface area contributed by atoms with Crippen LogP contribution >= 0.6 is 0 Å². The molecule has 1 atom stereocenters. The fraction of sp³-hybridized carbons (Fsp3) is 0.455. The van der Waals surface area contributed by atoms with Gasteiger partial charge in [-0.2, -0.15) is 0 Å². The zero-order chi connectivity index (χ0) is 9.43. The van der Waals surface area contributed by atoms with Crippen LogP contribution in [-0.2, 0) is 0 Å². The first kappa shape index (κ1) is 8.12. The Morgan fingerprint density at radius 1 is 1.21 bits per heavy atom. The van der Waals surface area contributed by atoms with E-state index in [9.17, 15) is 0 Å². The predicted molar refractivity (Wildman–Crippen MR) is 55.8 cm³/mol. The largest absolute Gasteiger partial charge is 0.482 e. The molecule has 1 fully saturated rings. The van der Waals surface area contributed by atoms with Gasteiger partial charge in [-0.3, -0.25) is 0 Å². The number of anilines is 1. The number of hydrogen-bond donors (Lipinski definition) is 2. The van der Waals surface area contributed by atoms with Crippen molar-refractivity contribution in [3.8, 4) is 5.75 Å². The molecular formula is C11H14N2O. The van der Waals surface area contributed by atoms with E-state index in [-0.39, 0.29) is 5.60 Å². The van der Waals surface area contributed by atoms with Crippen LogP contribution in [0.3, 0.4) is 0 Å². The monoisotopic (exact) mass is 190 g/mol. The van der Waals surface area contributed by atoms with Gasteiger partial charge in [-0.25, -0.2) is 0 Å². The highest BCUT2D eigenvalue weighted by atomic mass is 16.5. The Kier molecular flexibility index (Phi) is 1.67. The van der Waals surface area contributed by atoms with E-state index in [1.165, 1.54) is 0 Å². The van der Waals surface area contributed by atoms with E-state index in [2.05, 4.69) is 16.7 Å². The number of nitrogens with one attached hydrogen (secondary N) is 2. The van der Waals surface area contributed by atoms with Crippen molar-refractivity contribution in [2.45, 2.75) is 12.0 Å². The molecule has 1 aromatic rings.